The summed E-state index contributed by atoms with van der Waals surface area (Å²) in [6.45, 7) is 0.211. The highest BCUT2D eigenvalue weighted by Gasteiger charge is 2.28. The van der Waals surface area contributed by atoms with Crippen LogP contribution in [0.25, 0.3) is 0 Å². The van der Waals surface area contributed by atoms with Gasteiger partial charge < -0.3 is 10.5 Å². The number of oxime groups is 1. The first-order valence-corrected chi connectivity index (χ1v) is 4.96. The number of carbonyl (C=O) groups is 1. The molecule has 7 heteroatoms. The molecule has 0 aromatic heterocycles. The first-order valence-electron chi connectivity index (χ1n) is 4.96. The lowest BCUT2D eigenvalue weighted by Crippen LogP contribution is -2.34. The van der Waals surface area contributed by atoms with Crippen molar-refractivity contribution in [2.24, 2.45) is 5.16 Å². The number of aryl methyl sites for hydroxylation is 1. The number of carbonyl (C=O) groups excluding carboxylic acids is 1. The van der Waals surface area contributed by atoms with Crippen LogP contribution >= 0.6 is 0 Å². The SMILES string of the molecule is Cc1cc(/C=N\O)ccc1C(=O)NCC(F)(F)F. The molecule has 0 bridgehead atoms. The second-order valence-corrected chi connectivity index (χ2v) is 3.62. The Kier molecular flexibility index (Phi) is 4.30. The average Bonchev–Trinajstić information content (AvgIpc) is 2.25. The van der Waals surface area contributed by atoms with Gasteiger partial charge in [0.2, 0.25) is 0 Å². The molecule has 0 heterocycles. The van der Waals surface area contributed by atoms with Crippen molar-refractivity contribution in [1.82, 2.24) is 5.32 Å². The molecule has 1 aromatic carbocycles. The molecule has 0 unspecified atom stereocenters. The van der Waals surface area contributed by atoms with Gasteiger partial charge in [-0.15, -0.1) is 0 Å². The maximum atomic E-state index is 11.9. The van der Waals surface area contributed by atoms with Crippen LogP contribution in [-0.4, -0.2) is 30.1 Å². The molecule has 1 amide bonds. The topological polar surface area (TPSA) is 61.7 Å². The van der Waals surface area contributed by atoms with E-state index in [4.69, 9.17) is 5.21 Å². The highest BCUT2D eigenvalue weighted by Crippen LogP contribution is 2.14. The quantitative estimate of drug-likeness (QED) is 0.496. The van der Waals surface area contributed by atoms with Gasteiger partial charge in [0.05, 0.1) is 6.21 Å². The van der Waals surface area contributed by atoms with E-state index in [2.05, 4.69) is 5.16 Å². The number of hydrogen-bond donors (Lipinski definition) is 2. The number of rotatable bonds is 3. The number of hydrogen-bond acceptors (Lipinski definition) is 3. The molecule has 0 spiro atoms. The summed E-state index contributed by atoms with van der Waals surface area (Å²) >= 11 is 0. The van der Waals surface area contributed by atoms with Crippen molar-refractivity contribution < 1.29 is 23.2 Å². The Bertz CT molecular complexity index is 470. The van der Waals surface area contributed by atoms with Gasteiger partial charge in [-0.1, -0.05) is 11.2 Å². The molecule has 0 saturated carbocycles. The minimum atomic E-state index is -4.44. The predicted molar refractivity (Wildman–Crippen MR) is 58.9 cm³/mol. The van der Waals surface area contributed by atoms with Crippen LogP contribution in [0.2, 0.25) is 0 Å². The monoisotopic (exact) mass is 260 g/mol. The summed E-state index contributed by atoms with van der Waals surface area (Å²) < 4.78 is 35.8. The van der Waals surface area contributed by atoms with E-state index in [-0.39, 0.29) is 5.56 Å². The predicted octanol–water partition coefficient (Wildman–Crippen LogP) is 2.10. The molecule has 4 nitrogen and oxygen atoms in total. The summed E-state index contributed by atoms with van der Waals surface area (Å²) in [5.41, 5.74) is 1.18. The lowest BCUT2D eigenvalue weighted by molar-refractivity contribution is -0.123. The van der Waals surface area contributed by atoms with Crippen LogP contribution < -0.4 is 5.32 Å². The number of benzene rings is 1. The molecule has 0 fully saturated rings. The van der Waals surface area contributed by atoms with Crippen molar-refractivity contribution in [2.75, 3.05) is 6.54 Å². The lowest BCUT2D eigenvalue weighted by atomic mass is 10.1. The van der Waals surface area contributed by atoms with Gasteiger partial charge in [-0.05, 0) is 30.2 Å². The molecule has 0 saturated heterocycles. The van der Waals surface area contributed by atoms with Crippen LogP contribution in [0.5, 0.6) is 0 Å². The second-order valence-electron chi connectivity index (χ2n) is 3.62. The van der Waals surface area contributed by atoms with E-state index in [0.717, 1.165) is 6.21 Å². The van der Waals surface area contributed by atoms with E-state index in [1.165, 1.54) is 18.2 Å². The number of alkyl halides is 3. The van der Waals surface area contributed by atoms with Crippen molar-refractivity contribution in [1.29, 1.82) is 0 Å². The summed E-state index contributed by atoms with van der Waals surface area (Å²) in [7, 11) is 0. The van der Waals surface area contributed by atoms with Gasteiger partial charge in [0.25, 0.3) is 5.91 Å². The Labute approximate surface area is 101 Å². The maximum absolute atomic E-state index is 11.9. The van der Waals surface area contributed by atoms with Crippen molar-refractivity contribution in [3.63, 3.8) is 0 Å². The Morgan fingerprint density at radius 1 is 1.50 bits per heavy atom. The van der Waals surface area contributed by atoms with E-state index in [9.17, 15) is 18.0 Å². The van der Waals surface area contributed by atoms with E-state index in [1.54, 1.807) is 12.2 Å². The minimum Gasteiger partial charge on any atom is -0.411 e. The normalized spacial score (nSPS) is 11.8. The standard InChI is InChI=1S/C11H11F3N2O2/c1-7-4-8(5-16-18)2-3-9(7)10(17)15-6-11(12,13)14/h2-5,18H,6H2,1H3,(H,15,17)/b16-5-. The molecule has 0 aliphatic rings. The number of halogens is 3. The van der Waals surface area contributed by atoms with Gasteiger partial charge >= 0.3 is 6.18 Å². The van der Waals surface area contributed by atoms with Crippen molar-refractivity contribution in [3.8, 4) is 0 Å². The van der Waals surface area contributed by atoms with Crippen LogP contribution in [0.15, 0.2) is 23.4 Å². The third kappa shape index (κ3) is 4.08. The van der Waals surface area contributed by atoms with E-state index >= 15 is 0 Å². The van der Waals surface area contributed by atoms with Crippen LogP contribution in [0.4, 0.5) is 13.2 Å². The fraction of sp³-hybridized carbons (Fsp3) is 0.273. The fourth-order valence-electron chi connectivity index (χ4n) is 1.36. The second kappa shape index (κ2) is 5.52. The third-order valence-electron chi connectivity index (χ3n) is 2.15. The molecule has 1 aromatic rings. The Morgan fingerprint density at radius 3 is 2.67 bits per heavy atom. The molecular formula is C11H11F3N2O2. The fourth-order valence-corrected chi connectivity index (χ4v) is 1.36. The number of nitrogens with one attached hydrogen (secondary N) is 1. The van der Waals surface area contributed by atoms with Gasteiger partial charge in [0.15, 0.2) is 0 Å². The summed E-state index contributed by atoms with van der Waals surface area (Å²) in [6, 6.07) is 4.37. The first-order chi connectivity index (χ1) is 8.33. The zero-order valence-corrected chi connectivity index (χ0v) is 9.45. The van der Waals surface area contributed by atoms with Gasteiger partial charge in [0.1, 0.15) is 6.54 Å². The molecule has 18 heavy (non-hydrogen) atoms. The minimum absolute atomic E-state index is 0.148. The maximum Gasteiger partial charge on any atom is 0.405 e. The van der Waals surface area contributed by atoms with Crippen LogP contribution in [0.3, 0.4) is 0 Å². The smallest absolute Gasteiger partial charge is 0.405 e. The van der Waals surface area contributed by atoms with E-state index in [0.29, 0.717) is 11.1 Å². The van der Waals surface area contributed by atoms with Gasteiger partial charge in [-0.2, -0.15) is 13.2 Å². The lowest BCUT2D eigenvalue weighted by Gasteiger charge is -2.10. The first kappa shape index (κ1) is 14.0. The number of amides is 1. The molecule has 98 valence electrons. The largest absolute Gasteiger partial charge is 0.411 e. The summed E-state index contributed by atoms with van der Waals surface area (Å²) in [6.07, 6.45) is -3.28. The van der Waals surface area contributed by atoms with Crippen molar-refractivity contribution in [3.05, 3.63) is 34.9 Å². The molecule has 0 aliphatic heterocycles. The molecule has 0 atom stereocenters. The Balaban J connectivity index is 2.81. The number of nitrogens with zero attached hydrogens (tertiary/aromatic N) is 1. The van der Waals surface area contributed by atoms with Gasteiger partial charge in [-0.3, -0.25) is 4.79 Å². The highest BCUT2D eigenvalue weighted by molar-refractivity contribution is 5.96. The van der Waals surface area contributed by atoms with Gasteiger partial charge in [-0.25, -0.2) is 0 Å². The zero-order chi connectivity index (χ0) is 13.8. The highest BCUT2D eigenvalue weighted by atomic mass is 19.4. The third-order valence-corrected chi connectivity index (χ3v) is 2.15. The summed E-state index contributed by atoms with van der Waals surface area (Å²) in [4.78, 5) is 11.5. The molecule has 0 radical (unpaired) electrons. The van der Waals surface area contributed by atoms with Crippen LogP contribution in [0.1, 0.15) is 21.5 Å². The summed E-state index contributed by atoms with van der Waals surface area (Å²) in [5, 5.41) is 12.9. The van der Waals surface area contributed by atoms with E-state index < -0.39 is 18.6 Å². The molecule has 1 rings (SSSR count). The van der Waals surface area contributed by atoms with E-state index in [1.807, 2.05) is 0 Å². The van der Waals surface area contributed by atoms with Gasteiger partial charge in [0, 0.05) is 5.56 Å². The van der Waals surface area contributed by atoms with Crippen LogP contribution in [-0.2, 0) is 0 Å². The van der Waals surface area contributed by atoms with Crippen molar-refractivity contribution >= 4 is 12.1 Å². The zero-order valence-electron chi connectivity index (χ0n) is 9.45. The Hall–Kier alpha value is -2.05. The van der Waals surface area contributed by atoms with Crippen LogP contribution in [0, 0.1) is 6.92 Å². The molecular weight excluding hydrogens is 249 g/mol. The summed E-state index contributed by atoms with van der Waals surface area (Å²) in [5.74, 6) is -0.794. The van der Waals surface area contributed by atoms with Crippen molar-refractivity contribution in [2.45, 2.75) is 13.1 Å². The average molecular weight is 260 g/mol. The molecule has 2 N–H and O–H groups in total. The molecule has 0 aliphatic carbocycles. The Morgan fingerprint density at radius 2 is 2.17 bits per heavy atom.